The molecule has 1 aliphatic heterocycles. The molecule has 0 saturated carbocycles. The van der Waals surface area contributed by atoms with E-state index in [9.17, 15) is 0 Å². The van der Waals surface area contributed by atoms with Crippen molar-refractivity contribution >= 4 is 0 Å². The molecule has 2 nitrogen and oxygen atoms in total. The Morgan fingerprint density at radius 1 is 1.00 bits per heavy atom. The lowest BCUT2D eigenvalue weighted by Crippen LogP contribution is -2.14. The molecule has 2 rings (SSSR count). The fraction of sp³-hybridized carbons (Fsp3) is 0.273. The zero-order valence-electron chi connectivity index (χ0n) is 7.51. The molecule has 1 aliphatic rings. The highest BCUT2D eigenvalue weighted by atomic mass is 17.2. The third-order valence-corrected chi connectivity index (χ3v) is 2.00. The van der Waals surface area contributed by atoms with Crippen molar-refractivity contribution in [2.75, 3.05) is 0 Å². The topological polar surface area (TPSA) is 18.5 Å². The van der Waals surface area contributed by atoms with Crippen LogP contribution in [0.1, 0.15) is 18.6 Å². The van der Waals surface area contributed by atoms with Crippen LogP contribution >= 0.6 is 0 Å². The Bertz CT molecular complexity index is 292. The van der Waals surface area contributed by atoms with Gasteiger partial charge in [-0.25, -0.2) is 9.78 Å². The van der Waals surface area contributed by atoms with Crippen LogP contribution in [0.15, 0.2) is 42.5 Å². The van der Waals surface area contributed by atoms with Crippen molar-refractivity contribution in [2.45, 2.75) is 19.1 Å². The van der Waals surface area contributed by atoms with Gasteiger partial charge in [0.2, 0.25) is 0 Å². The monoisotopic (exact) mass is 176 g/mol. The Kier molecular flexibility index (Phi) is 2.43. The van der Waals surface area contributed by atoms with Crippen molar-refractivity contribution in [3.8, 4) is 0 Å². The van der Waals surface area contributed by atoms with Gasteiger partial charge < -0.3 is 0 Å². The van der Waals surface area contributed by atoms with Crippen LogP contribution in [0.4, 0.5) is 0 Å². The van der Waals surface area contributed by atoms with Crippen molar-refractivity contribution in [3.05, 3.63) is 48.0 Å². The molecule has 0 fully saturated rings. The maximum atomic E-state index is 5.19. The Balaban J connectivity index is 2.15. The normalized spacial score (nSPS) is 27.5. The van der Waals surface area contributed by atoms with E-state index < -0.39 is 0 Å². The van der Waals surface area contributed by atoms with E-state index in [1.165, 1.54) is 0 Å². The molecule has 0 aromatic heterocycles. The summed E-state index contributed by atoms with van der Waals surface area (Å²) in [6.45, 7) is 1.94. The number of benzene rings is 1. The SMILES string of the molecule is CC1C=C[C@@H](c2ccccc2)OO1. The van der Waals surface area contributed by atoms with E-state index in [4.69, 9.17) is 9.78 Å². The quantitative estimate of drug-likeness (QED) is 0.483. The van der Waals surface area contributed by atoms with Crippen LogP contribution in [0.5, 0.6) is 0 Å². The molecule has 68 valence electrons. The molecule has 1 aromatic carbocycles. The summed E-state index contributed by atoms with van der Waals surface area (Å²) >= 11 is 0. The molecule has 0 radical (unpaired) electrons. The van der Waals surface area contributed by atoms with Crippen LogP contribution in [-0.2, 0) is 9.78 Å². The van der Waals surface area contributed by atoms with Gasteiger partial charge in [-0.05, 0) is 18.6 Å². The lowest BCUT2D eigenvalue weighted by molar-refractivity contribution is -0.339. The molecule has 2 atom stereocenters. The summed E-state index contributed by atoms with van der Waals surface area (Å²) < 4.78 is 0. The number of rotatable bonds is 1. The van der Waals surface area contributed by atoms with Gasteiger partial charge in [-0.3, -0.25) is 0 Å². The minimum Gasteiger partial charge on any atom is -0.229 e. The largest absolute Gasteiger partial charge is 0.229 e. The summed E-state index contributed by atoms with van der Waals surface area (Å²) in [6.07, 6.45) is 4.02. The molecule has 0 bridgehead atoms. The Labute approximate surface area is 77.7 Å². The van der Waals surface area contributed by atoms with Gasteiger partial charge >= 0.3 is 0 Å². The second-order valence-electron chi connectivity index (χ2n) is 3.11. The predicted octanol–water partition coefficient (Wildman–Crippen LogP) is 2.63. The van der Waals surface area contributed by atoms with E-state index in [1.54, 1.807) is 0 Å². The zero-order chi connectivity index (χ0) is 9.10. The van der Waals surface area contributed by atoms with E-state index in [-0.39, 0.29) is 12.2 Å². The van der Waals surface area contributed by atoms with E-state index in [1.807, 2.05) is 49.4 Å². The highest BCUT2D eigenvalue weighted by Gasteiger charge is 2.15. The number of hydrogen-bond acceptors (Lipinski definition) is 2. The molecule has 0 aliphatic carbocycles. The van der Waals surface area contributed by atoms with E-state index in [2.05, 4.69) is 0 Å². The van der Waals surface area contributed by atoms with Crippen molar-refractivity contribution in [1.29, 1.82) is 0 Å². The average Bonchev–Trinajstić information content (AvgIpc) is 2.20. The second kappa shape index (κ2) is 3.73. The first-order chi connectivity index (χ1) is 6.36. The summed E-state index contributed by atoms with van der Waals surface area (Å²) in [6, 6.07) is 10.0. The first kappa shape index (κ1) is 8.48. The molecular weight excluding hydrogens is 164 g/mol. The van der Waals surface area contributed by atoms with Crippen LogP contribution in [-0.4, -0.2) is 6.10 Å². The van der Waals surface area contributed by atoms with Gasteiger partial charge in [0, 0.05) is 0 Å². The van der Waals surface area contributed by atoms with Crippen LogP contribution in [0.2, 0.25) is 0 Å². The third kappa shape index (κ3) is 1.97. The van der Waals surface area contributed by atoms with Gasteiger partial charge in [0.15, 0.2) is 0 Å². The smallest absolute Gasteiger partial charge is 0.136 e. The van der Waals surface area contributed by atoms with Crippen molar-refractivity contribution in [2.24, 2.45) is 0 Å². The number of hydrogen-bond donors (Lipinski definition) is 0. The maximum Gasteiger partial charge on any atom is 0.136 e. The lowest BCUT2D eigenvalue weighted by atomic mass is 10.1. The van der Waals surface area contributed by atoms with Crippen molar-refractivity contribution < 1.29 is 9.78 Å². The molecular formula is C11H12O2. The molecule has 1 heterocycles. The lowest BCUT2D eigenvalue weighted by Gasteiger charge is -2.20. The first-order valence-corrected chi connectivity index (χ1v) is 4.41. The summed E-state index contributed by atoms with van der Waals surface area (Å²) in [5, 5.41) is 0. The minimum atomic E-state index is -0.0580. The Hall–Kier alpha value is -1.12. The summed E-state index contributed by atoms with van der Waals surface area (Å²) in [5.74, 6) is 0. The standard InChI is InChI=1S/C11H12O2/c1-9-7-8-11(13-12-9)10-5-3-2-4-6-10/h2-9,11H,1H3/t9?,11-/m0/s1. The van der Waals surface area contributed by atoms with E-state index >= 15 is 0 Å². The zero-order valence-corrected chi connectivity index (χ0v) is 7.51. The first-order valence-electron chi connectivity index (χ1n) is 4.41. The van der Waals surface area contributed by atoms with Gasteiger partial charge in [0.05, 0.1) is 0 Å². The van der Waals surface area contributed by atoms with Gasteiger partial charge in [-0.1, -0.05) is 36.4 Å². The summed E-state index contributed by atoms with van der Waals surface area (Å²) in [4.78, 5) is 10.2. The predicted molar refractivity (Wildman–Crippen MR) is 50.0 cm³/mol. The average molecular weight is 176 g/mol. The third-order valence-electron chi connectivity index (χ3n) is 2.00. The van der Waals surface area contributed by atoms with Crippen LogP contribution in [0, 0.1) is 0 Å². The van der Waals surface area contributed by atoms with Gasteiger partial charge in [0.1, 0.15) is 12.2 Å². The van der Waals surface area contributed by atoms with Crippen LogP contribution < -0.4 is 0 Å². The second-order valence-corrected chi connectivity index (χ2v) is 3.11. The van der Waals surface area contributed by atoms with Gasteiger partial charge in [-0.2, -0.15) is 0 Å². The minimum absolute atomic E-state index is 0.0555. The maximum absolute atomic E-state index is 5.19. The molecule has 2 heteroatoms. The van der Waals surface area contributed by atoms with Crippen LogP contribution in [0.25, 0.3) is 0 Å². The van der Waals surface area contributed by atoms with Crippen molar-refractivity contribution in [3.63, 3.8) is 0 Å². The highest BCUT2D eigenvalue weighted by molar-refractivity contribution is 5.21. The molecule has 0 amide bonds. The summed E-state index contributed by atoms with van der Waals surface area (Å²) in [5.41, 5.74) is 1.12. The molecule has 0 spiro atoms. The van der Waals surface area contributed by atoms with Crippen LogP contribution in [0.3, 0.4) is 0 Å². The van der Waals surface area contributed by atoms with Crippen molar-refractivity contribution in [1.82, 2.24) is 0 Å². The van der Waals surface area contributed by atoms with E-state index in [0.29, 0.717) is 0 Å². The van der Waals surface area contributed by atoms with Gasteiger partial charge in [-0.15, -0.1) is 0 Å². The molecule has 0 N–H and O–H groups in total. The molecule has 13 heavy (non-hydrogen) atoms. The fourth-order valence-electron chi connectivity index (χ4n) is 1.28. The Morgan fingerprint density at radius 2 is 1.77 bits per heavy atom. The molecule has 0 saturated heterocycles. The highest BCUT2D eigenvalue weighted by Crippen LogP contribution is 2.23. The fourth-order valence-corrected chi connectivity index (χ4v) is 1.28. The molecule has 1 unspecified atom stereocenters. The molecule has 1 aromatic rings. The van der Waals surface area contributed by atoms with E-state index in [0.717, 1.165) is 5.56 Å². The Morgan fingerprint density at radius 3 is 2.38 bits per heavy atom. The summed E-state index contributed by atoms with van der Waals surface area (Å²) in [7, 11) is 0. The van der Waals surface area contributed by atoms with Gasteiger partial charge in [0.25, 0.3) is 0 Å².